The van der Waals surface area contributed by atoms with Crippen molar-refractivity contribution in [2.24, 2.45) is 10.6 Å². The van der Waals surface area contributed by atoms with Crippen LogP contribution in [0.25, 0.3) is 0 Å². The first-order valence-corrected chi connectivity index (χ1v) is 8.54. The van der Waals surface area contributed by atoms with Crippen LogP contribution in [0.4, 0.5) is 0 Å². The summed E-state index contributed by atoms with van der Waals surface area (Å²) in [6, 6.07) is 3.19. The van der Waals surface area contributed by atoms with Crippen LogP contribution >= 0.6 is 39.1 Å². The highest BCUT2D eigenvalue weighted by Gasteiger charge is 2.25. The Labute approximate surface area is 131 Å². The zero-order valence-corrected chi connectivity index (χ0v) is 14.3. The molecule has 19 heavy (non-hydrogen) atoms. The van der Waals surface area contributed by atoms with Crippen molar-refractivity contribution < 1.29 is 13.2 Å². The summed E-state index contributed by atoms with van der Waals surface area (Å²) >= 11 is 15.2. The number of ether oxygens (including phenoxy) is 1. The van der Waals surface area contributed by atoms with Crippen LogP contribution in [0.3, 0.4) is 0 Å². The van der Waals surface area contributed by atoms with E-state index in [1.165, 1.54) is 0 Å². The summed E-state index contributed by atoms with van der Waals surface area (Å²) in [5, 5.41) is 5.88. The molecule has 0 heterocycles. The second-order valence-electron chi connectivity index (χ2n) is 4.96. The second-order valence-corrected chi connectivity index (χ2v) is 8.24. The molecule has 0 amide bonds. The third kappa shape index (κ3) is 5.87. The van der Waals surface area contributed by atoms with E-state index in [1.807, 2.05) is 0 Å². The summed E-state index contributed by atoms with van der Waals surface area (Å²) in [6.07, 6.45) is 0. The first-order valence-electron chi connectivity index (χ1n) is 5.28. The Morgan fingerprint density at radius 2 is 1.89 bits per heavy atom. The molecule has 1 rings (SSSR count). The number of benzene rings is 1. The first-order chi connectivity index (χ1) is 8.50. The zero-order valence-electron chi connectivity index (χ0n) is 10.4. The van der Waals surface area contributed by atoms with Crippen molar-refractivity contribution in [3.8, 4) is 5.75 Å². The van der Waals surface area contributed by atoms with E-state index in [2.05, 4.69) is 15.9 Å². The third-order valence-electron chi connectivity index (χ3n) is 2.19. The molecule has 0 radical (unpaired) electrons. The van der Waals surface area contributed by atoms with Gasteiger partial charge in [-0.1, -0.05) is 37.0 Å². The maximum atomic E-state index is 11.1. The van der Waals surface area contributed by atoms with Gasteiger partial charge < -0.3 is 4.74 Å². The van der Waals surface area contributed by atoms with Crippen molar-refractivity contribution in [1.29, 1.82) is 0 Å². The van der Waals surface area contributed by atoms with Crippen LogP contribution in [0.15, 0.2) is 16.6 Å². The van der Waals surface area contributed by atoms with Crippen molar-refractivity contribution in [2.45, 2.75) is 13.8 Å². The molecular weight excluding hydrogens is 377 g/mol. The van der Waals surface area contributed by atoms with Gasteiger partial charge in [0, 0.05) is 16.0 Å². The lowest BCUT2D eigenvalue weighted by atomic mass is 9.98. The Balaban J connectivity index is 2.79. The van der Waals surface area contributed by atoms with Crippen molar-refractivity contribution in [1.82, 2.24) is 0 Å². The van der Waals surface area contributed by atoms with Gasteiger partial charge in [0.15, 0.2) is 0 Å². The van der Waals surface area contributed by atoms with Gasteiger partial charge in [0.05, 0.1) is 22.4 Å². The Bertz CT molecular complexity index is 576. The number of sulfonamides is 1. The fraction of sp³-hybridized carbons (Fsp3) is 0.455. The van der Waals surface area contributed by atoms with Gasteiger partial charge in [-0.3, -0.25) is 0 Å². The number of halogens is 3. The molecule has 1 aromatic rings. The molecule has 0 aliphatic carbocycles. The molecule has 0 aliphatic rings. The van der Waals surface area contributed by atoms with Crippen LogP contribution in [0.1, 0.15) is 13.8 Å². The molecule has 1 aromatic carbocycles. The Morgan fingerprint density at radius 1 is 1.32 bits per heavy atom. The molecule has 0 spiro atoms. The minimum Gasteiger partial charge on any atom is -0.491 e. The van der Waals surface area contributed by atoms with Gasteiger partial charge in [0.25, 0.3) is 0 Å². The molecule has 0 saturated heterocycles. The molecule has 4 nitrogen and oxygen atoms in total. The van der Waals surface area contributed by atoms with E-state index >= 15 is 0 Å². The van der Waals surface area contributed by atoms with E-state index in [-0.39, 0.29) is 12.4 Å². The van der Waals surface area contributed by atoms with E-state index in [1.54, 1.807) is 26.0 Å². The second kappa shape index (κ2) is 6.18. The Kier molecular flexibility index (Phi) is 5.54. The average molecular weight is 391 g/mol. The van der Waals surface area contributed by atoms with Crippen molar-refractivity contribution in [2.75, 3.05) is 12.4 Å². The van der Waals surface area contributed by atoms with Crippen molar-refractivity contribution in [3.05, 3.63) is 26.7 Å². The highest BCUT2D eigenvalue weighted by Crippen LogP contribution is 2.34. The molecule has 0 aliphatic heterocycles. The molecule has 0 saturated carbocycles. The molecule has 0 bridgehead atoms. The molecule has 108 valence electrons. The van der Waals surface area contributed by atoms with Gasteiger partial charge in [-0.15, -0.1) is 0 Å². The lowest BCUT2D eigenvalue weighted by Gasteiger charge is -2.23. The predicted molar refractivity (Wildman–Crippen MR) is 81.4 cm³/mol. The maximum absolute atomic E-state index is 11.1. The maximum Gasteiger partial charge on any atom is 0.209 e. The topological polar surface area (TPSA) is 69.4 Å². The fourth-order valence-corrected chi connectivity index (χ4v) is 3.49. The molecular formula is C11H14BrCl2NO3S. The number of nitrogens with two attached hydrogens (primary N) is 1. The van der Waals surface area contributed by atoms with E-state index in [0.29, 0.717) is 20.3 Å². The standard InChI is InChI=1S/C11H14BrCl2NO3S/c1-11(2,6-19(15,16)17)5-18-10-4-8(13)7(12)3-9(10)14/h3-4H,5-6H2,1-2H3,(H2,15,16,17). The van der Waals surface area contributed by atoms with E-state index < -0.39 is 15.4 Å². The molecule has 0 aromatic heterocycles. The molecule has 2 N–H and O–H groups in total. The smallest absolute Gasteiger partial charge is 0.209 e. The monoisotopic (exact) mass is 389 g/mol. The minimum absolute atomic E-state index is 0.154. The summed E-state index contributed by atoms with van der Waals surface area (Å²) in [4.78, 5) is 0. The summed E-state index contributed by atoms with van der Waals surface area (Å²) in [6.45, 7) is 3.64. The van der Waals surface area contributed by atoms with Crippen LogP contribution in [0.5, 0.6) is 5.75 Å². The van der Waals surface area contributed by atoms with E-state index in [4.69, 9.17) is 33.1 Å². The Hall–Kier alpha value is -0.0100. The van der Waals surface area contributed by atoms with Gasteiger partial charge in [0.1, 0.15) is 5.75 Å². The summed E-state index contributed by atoms with van der Waals surface area (Å²) < 4.78 is 28.4. The highest BCUT2D eigenvalue weighted by molar-refractivity contribution is 9.10. The number of hydrogen-bond donors (Lipinski definition) is 1. The van der Waals surface area contributed by atoms with Gasteiger partial charge in [0.2, 0.25) is 10.0 Å². The van der Waals surface area contributed by atoms with E-state index in [9.17, 15) is 8.42 Å². The van der Waals surface area contributed by atoms with Crippen molar-refractivity contribution in [3.63, 3.8) is 0 Å². The number of rotatable bonds is 5. The minimum atomic E-state index is -3.56. The summed E-state index contributed by atoms with van der Waals surface area (Å²) in [7, 11) is -3.56. The largest absolute Gasteiger partial charge is 0.491 e. The van der Waals surface area contributed by atoms with Gasteiger partial charge in [-0.25, -0.2) is 13.6 Å². The molecule has 0 unspecified atom stereocenters. The van der Waals surface area contributed by atoms with Gasteiger partial charge >= 0.3 is 0 Å². The number of hydrogen-bond acceptors (Lipinski definition) is 3. The SMILES string of the molecule is CC(C)(COc1cc(Cl)c(Br)cc1Cl)CS(N)(=O)=O. The number of primary sulfonamides is 1. The highest BCUT2D eigenvalue weighted by atomic mass is 79.9. The fourth-order valence-electron chi connectivity index (χ4n) is 1.47. The lowest BCUT2D eigenvalue weighted by molar-refractivity contribution is 0.200. The summed E-state index contributed by atoms with van der Waals surface area (Å²) in [5.41, 5.74) is -0.629. The van der Waals surface area contributed by atoms with Crippen LogP contribution in [-0.2, 0) is 10.0 Å². The van der Waals surface area contributed by atoms with Crippen LogP contribution < -0.4 is 9.88 Å². The molecule has 8 heteroatoms. The third-order valence-corrected chi connectivity index (χ3v) is 4.86. The quantitative estimate of drug-likeness (QED) is 0.782. The van der Waals surface area contributed by atoms with E-state index in [0.717, 1.165) is 0 Å². The lowest BCUT2D eigenvalue weighted by Crippen LogP contribution is -2.33. The predicted octanol–water partition coefficient (Wildman–Crippen LogP) is 3.45. The zero-order chi connectivity index (χ0) is 14.8. The van der Waals surface area contributed by atoms with Crippen molar-refractivity contribution >= 4 is 49.2 Å². The normalized spacial score (nSPS) is 12.5. The average Bonchev–Trinajstić information content (AvgIpc) is 2.18. The van der Waals surface area contributed by atoms with Gasteiger partial charge in [-0.05, 0) is 22.0 Å². The van der Waals surface area contributed by atoms with Gasteiger partial charge in [-0.2, -0.15) is 0 Å². The first kappa shape index (κ1) is 17.0. The van der Waals surface area contributed by atoms with Crippen LogP contribution in [0.2, 0.25) is 10.0 Å². The molecule has 0 fully saturated rings. The Morgan fingerprint density at radius 3 is 2.42 bits per heavy atom. The summed E-state index contributed by atoms with van der Waals surface area (Å²) in [5.74, 6) is 0.222. The van der Waals surface area contributed by atoms with Crippen LogP contribution in [0, 0.1) is 5.41 Å². The van der Waals surface area contributed by atoms with Crippen LogP contribution in [-0.4, -0.2) is 20.8 Å². The molecule has 0 atom stereocenters.